The largest absolute Gasteiger partial charge is 0.319 e. The minimum atomic E-state index is -1.32. The van der Waals surface area contributed by atoms with Gasteiger partial charge in [-0.1, -0.05) is 0 Å². The predicted octanol–water partition coefficient (Wildman–Crippen LogP) is 12.9. The van der Waals surface area contributed by atoms with Crippen LogP contribution >= 0.6 is 34.1 Å². The summed E-state index contributed by atoms with van der Waals surface area (Å²) in [5, 5.41) is 7.84. The summed E-state index contributed by atoms with van der Waals surface area (Å²) in [6.07, 6.45) is 9.93. The molecule has 6 heterocycles. The molecule has 6 rings (SSSR count). The lowest BCUT2D eigenvalue weighted by Gasteiger charge is -2.52. The number of hydrogen-bond donors (Lipinski definition) is 2. The van der Waals surface area contributed by atoms with E-state index in [0.717, 1.165) is 103 Å². The summed E-state index contributed by atoms with van der Waals surface area (Å²) in [4.78, 5) is 0. The van der Waals surface area contributed by atoms with Gasteiger partial charge in [0.25, 0.3) is 34.1 Å². The van der Waals surface area contributed by atoms with Gasteiger partial charge in [-0.15, -0.1) is 0 Å². The highest BCUT2D eigenvalue weighted by Crippen LogP contribution is 2.59. The third-order valence-corrected chi connectivity index (χ3v) is 22.2. The first-order valence-electron chi connectivity index (χ1n) is 26.3. The number of rotatable bonds is 17. The van der Waals surface area contributed by atoms with Crippen molar-refractivity contribution in [2.45, 2.75) is 284 Å². The van der Waals surface area contributed by atoms with Crippen LogP contribution in [0.4, 0.5) is 0 Å². The first kappa shape index (κ1) is 58.4. The zero-order valence-electron chi connectivity index (χ0n) is 46.6. The van der Waals surface area contributed by atoms with E-state index in [4.69, 9.17) is 36.2 Å². The summed E-state index contributed by atoms with van der Waals surface area (Å²) in [5.41, 5.74) is -1.11. The van der Waals surface area contributed by atoms with Gasteiger partial charge in [0.05, 0.1) is 46.8 Å². The molecule has 0 spiro atoms. The molecule has 398 valence electrons. The zero-order chi connectivity index (χ0) is 50.5. The Labute approximate surface area is 421 Å². The van der Waals surface area contributed by atoms with Crippen LogP contribution in [0.2, 0.25) is 0 Å². The molecule has 0 aliphatic carbocycles. The fourth-order valence-corrected chi connectivity index (χ4v) is 19.7. The lowest BCUT2D eigenvalue weighted by atomic mass is 9.79. The SMILES string of the molecule is CC1CC(C)(C)OP(N(CCCN(C2CC(C)(C)NC(C)(C)C2)P2OC(C)CC(C)(C)O2)CCN(CCCN(C2CC(C)(C)NC(C)(C)C2)P2OC(C)CC(C)(C)O2)P2OC(C)CC(C)(C)O2)O1. The van der Waals surface area contributed by atoms with E-state index in [1.807, 2.05) is 0 Å². The van der Waals surface area contributed by atoms with Crippen LogP contribution in [-0.4, -0.2) is 139 Å². The number of nitrogens with zero attached hydrogens (tertiary/aromatic N) is 4. The van der Waals surface area contributed by atoms with Crippen LogP contribution in [0.1, 0.15) is 203 Å². The van der Waals surface area contributed by atoms with Crippen molar-refractivity contribution in [1.29, 1.82) is 0 Å². The van der Waals surface area contributed by atoms with Gasteiger partial charge in [-0.3, -0.25) is 0 Å². The van der Waals surface area contributed by atoms with Crippen molar-refractivity contribution in [3.05, 3.63) is 0 Å². The van der Waals surface area contributed by atoms with E-state index in [2.05, 4.69) is 168 Å². The van der Waals surface area contributed by atoms with E-state index in [0.29, 0.717) is 12.1 Å². The van der Waals surface area contributed by atoms with Crippen LogP contribution in [0, 0.1) is 0 Å². The number of piperidine rings is 2. The molecule has 0 bridgehead atoms. The summed E-state index contributed by atoms with van der Waals surface area (Å²) in [7, 11) is -5.15. The second-order valence-corrected chi connectivity index (χ2v) is 32.3. The van der Waals surface area contributed by atoms with E-state index in [9.17, 15) is 0 Å². The van der Waals surface area contributed by atoms with Gasteiger partial charge in [-0.25, -0.2) is 18.7 Å². The number of hydrogen-bond acceptors (Lipinski definition) is 14. The Morgan fingerprint density at radius 2 is 0.603 bits per heavy atom. The molecule has 8 unspecified atom stereocenters. The topological polar surface area (TPSA) is 111 Å². The van der Waals surface area contributed by atoms with E-state index in [1.165, 1.54) is 0 Å². The Kier molecular flexibility index (Phi) is 19.2. The van der Waals surface area contributed by atoms with Gasteiger partial charge in [0.15, 0.2) is 0 Å². The molecular weight excluding hydrogens is 936 g/mol. The average molecular weight is 1040 g/mol. The highest BCUT2D eigenvalue weighted by Gasteiger charge is 2.49. The van der Waals surface area contributed by atoms with Gasteiger partial charge < -0.3 is 46.8 Å². The van der Waals surface area contributed by atoms with Gasteiger partial charge in [0, 0.05) is 99.2 Å². The Bertz CT molecular complexity index is 1500. The molecule has 0 aromatic rings. The zero-order valence-corrected chi connectivity index (χ0v) is 50.2. The molecule has 2 N–H and O–H groups in total. The summed E-state index contributed by atoms with van der Waals surface area (Å²) in [6, 6.07) is 0.638. The van der Waals surface area contributed by atoms with Crippen LogP contribution in [0.5, 0.6) is 0 Å². The number of nitrogens with one attached hydrogen (secondary N) is 2. The molecule has 6 fully saturated rings. The van der Waals surface area contributed by atoms with Crippen molar-refractivity contribution in [3.63, 3.8) is 0 Å². The molecule has 0 saturated carbocycles. The molecule has 68 heavy (non-hydrogen) atoms. The molecular formula is C50H100N6O8P4. The molecule has 8 atom stereocenters. The van der Waals surface area contributed by atoms with Crippen molar-refractivity contribution in [1.82, 2.24) is 29.3 Å². The highest BCUT2D eigenvalue weighted by molar-refractivity contribution is 7.45. The monoisotopic (exact) mass is 1040 g/mol. The Morgan fingerprint density at radius 1 is 0.353 bits per heavy atom. The second kappa shape index (κ2) is 22.4. The maximum Gasteiger partial charge on any atom is 0.259 e. The fraction of sp³-hybridized carbons (Fsp3) is 1.00. The molecule has 14 nitrogen and oxygen atoms in total. The Balaban J connectivity index is 1.24. The van der Waals surface area contributed by atoms with Gasteiger partial charge in [-0.2, -0.15) is 0 Å². The quantitative estimate of drug-likeness (QED) is 0.135. The summed E-state index contributed by atoms with van der Waals surface area (Å²) in [5.74, 6) is 0. The van der Waals surface area contributed by atoms with E-state index >= 15 is 0 Å². The van der Waals surface area contributed by atoms with Gasteiger partial charge in [-0.05, 0) is 177 Å². The van der Waals surface area contributed by atoms with Crippen LogP contribution in [0.15, 0.2) is 0 Å². The van der Waals surface area contributed by atoms with Crippen LogP contribution in [-0.2, 0) is 36.2 Å². The van der Waals surface area contributed by atoms with E-state index in [1.54, 1.807) is 0 Å². The molecule has 0 amide bonds. The first-order chi connectivity index (χ1) is 31.1. The minimum Gasteiger partial charge on any atom is -0.319 e. The van der Waals surface area contributed by atoms with Gasteiger partial charge >= 0.3 is 0 Å². The third kappa shape index (κ3) is 17.4. The van der Waals surface area contributed by atoms with Gasteiger partial charge in [0.2, 0.25) is 0 Å². The van der Waals surface area contributed by atoms with Crippen LogP contribution < -0.4 is 10.6 Å². The first-order valence-corrected chi connectivity index (χ1v) is 30.9. The van der Waals surface area contributed by atoms with E-state index < -0.39 is 34.1 Å². The smallest absolute Gasteiger partial charge is 0.259 e. The molecule has 0 aromatic carbocycles. The molecule has 0 aromatic heterocycles. The Hall–Kier alpha value is 1.16. The second-order valence-electron chi connectivity index (χ2n) is 26.7. The van der Waals surface area contributed by atoms with Crippen LogP contribution in [0.3, 0.4) is 0 Å². The minimum absolute atomic E-state index is 0.0113. The normalized spacial score (nSPS) is 35.8. The van der Waals surface area contributed by atoms with Crippen molar-refractivity contribution in [2.75, 3.05) is 39.3 Å². The van der Waals surface area contributed by atoms with Crippen molar-refractivity contribution >= 4 is 34.1 Å². The highest BCUT2D eigenvalue weighted by atomic mass is 31.2. The Morgan fingerprint density at radius 3 is 0.868 bits per heavy atom. The van der Waals surface area contributed by atoms with E-state index in [-0.39, 0.29) is 69.0 Å². The van der Waals surface area contributed by atoms with Crippen molar-refractivity contribution in [2.24, 2.45) is 0 Å². The van der Waals surface area contributed by atoms with Crippen molar-refractivity contribution in [3.8, 4) is 0 Å². The molecule has 0 radical (unpaired) electrons. The maximum absolute atomic E-state index is 6.91. The molecule has 6 aliphatic heterocycles. The fourth-order valence-electron chi connectivity index (χ4n) is 12.5. The van der Waals surface area contributed by atoms with Crippen molar-refractivity contribution < 1.29 is 36.2 Å². The summed E-state index contributed by atoms with van der Waals surface area (Å²) < 4.78 is 64.9. The maximum atomic E-state index is 6.91. The average Bonchev–Trinajstić information content (AvgIpc) is 3.09. The third-order valence-electron chi connectivity index (χ3n) is 13.8. The molecule has 6 aliphatic rings. The lowest BCUT2D eigenvalue weighted by molar-refractivity contribution is -0.0219. The predicted molar refractivity (Wildman–Crippen MR) is 283 cm³/mol. The lowest BCUT2D eigenvalue weighted by Crippen LogP contribution is -2.62. The molecule has 18 heteroatoms. The summed E-state index contributed by atoms with van der Waals surface area (Å²) in [6.45, 7) is 50.2. The van der Waals surface area contributed by atoms with Gasteiger partial charge in [0.1, 0.15) is 0 Å². The van der Waals surface area contributed by atoms with Crippen LogP contribution in [0.25, 0.3) is 0 Å². The summed E-state index contributed by atoms with van der Waals surface area (Å²) >= 11 is 0. The molecule has 6 saturated heterocycles. The standard InChI is InChI=1S/C50H100N6O8P4/c1-37-29-47(13,14)61-65(57-37)53(23-21-25-55(67-59-39(3)31-49(17,18)63-67)41-33-43(5,6)51-44(7,8)34-41)27-28-54(66-58-38(2)30-48(15,16)62-66)24-22-26-56(68-60-40(4)32-50(19,20)64-68)42-35-45(9,10)52-46(11,12)36-42/h37-42,51-52H,21-36H2,1-20H3.